The van der Waals surface area contributed by atoms with Crippen molar-refractivity contribution in [3.8, 4) is 11.3 Å². The Balaban J connectivity index is 1.63. The molecule has 8 nitrogen and oxygen atoms in total. The van der Waals surface area contributed by atoms with Crippen LogP contribution in [0.3, 0.4) is 0 Å². The lowest BCUT2D eigenvalue weighted by Crippen LogP contribution is -2.43. The van der Waals surface area contributed by atoms with Crippen LogP contribution in [0.5, 0.6) is 0 Å². The summed E-state index contributed by atoms with van der Waals surface area (Å²) in [4.78, 5) is 27.5. The average Bonchev–Trinajstić information content (AvgIpc) is 2.75. The smallest absolute Gasteiger partial charge is 0.214 e. The summed E-state index contributed by atoms with van der Waals surface area (Å²) in [6.45, 7) is 1.61. The van der Waals surface area contributed by atoms with Crippen LogP contribution < -0.4 is 22.1 Å². The third-order valence-electron chi connectivity index (χ3n) is 5.38. The number of anilines is 3. The van der Waals surface area contributed by atoms with Crippen molar-refractivity contribution in [1.82, 2.24) is 15.0 Å². The second-order valence-corrected chi connectivity index (χ2v) is 7.65. The second kappa shape index (κ2) is 8.65. The van der Waals surface area contributed by atoms with Crippen LogP contribution >= 0.6 is 0 Å². The standard InChI is InChI=1S/C22H24FN7O/c23-20-6-3-15(22(26)29-20)17-5-4-16(25)21(28-17)19(31)10-13-11-27-8-7-18(13)30-9-1-2-14(24)12-30/h3-8,11,14H,1-2,9-10,12,24-25H2,(H2,26,29)/t14-/m0/s1. The van der Waals surface area contributed by atoms with Gasteiger partial charge in [-0.3, -0.25) is 9.78 Å². The van der Waals surface area contributed by atoms with Gasteiger partial charge in [-0.1, -0.05) is 0 Å². The molecule has 0 aromatic carbocycles. The molecule has 1 aliphatic rings. The molecule has 1 atom stereocenters. The Morgan fingerprint density at radius 1 is 1.16 bits per heavy atom. The molecule has 3 aromatic rings. The highest BCUT2D eigenvalue weighted by Gasteiger charge is 2.22. The van der Waals surface area contributed by atoms with Gasteiger partial charge >= 0.3 is 0 Å². The quantitative estimate of drug-likeness (QED) is 0.421. The number of hydrogen-bond acceptors (Lipinski definition) is 8. The van der Waals surface area contributed by atoms with E-state index in [1.807, 2.05) is 6.07 Å². The third-order valence-corrected chi connectivity index (χ3v) is 5.38. The summed E-state index contributed by atoms with van der Waals surface area (Å²) in [7, 11) is 0. The van der Waals surface area contributed by atoms with Crippen LogP contribution in [0.2, 0.25) is 0 Å². The molecular formula is C22H24FN7O. The Morgan fingerprint density at radius 2 is 2.00 bits per heavy atom. The molecular weight excluding hydrogens is 397 g/mol. The zero-order valence-electron chi connectivity index (χ0n) is 17.0. The fourth-order valence-corrected chi connectivity index (χ4v) is 3.86. The molecule has 31 heavy (non-hydrogen) atoms. The molecule has 1 aliphatic heterocycles. The Hall–Kier alpha value is -3.59. The highest BCUT2D eigenvalue weighted by Crippen LogP contribution is 2.27. The number of aromatic nitrogens is 3. The normalized spacial score (nSPS) is 16.3. The maximum atomic E-state index is 13.3. The van der Waals surface area contributed by atoms with Crippen molar-refractivity contribution in [3.63, 3.8) is 0 Å². The molecule has 4 heterocycles. The van der Waals surface area contributed by atoms with Crippen LogP contribution in [-0.2, 0) is 6.42 Å². The maximum Gasteiger partial charge on any atom is 0.214 e. The first-order valence-electron chi connectivity index (χ1n) is 10.1. The number of ketones is 1. The number of nitrogen functional groups attached to an aromatic ring is 2. The van der Waals surface area contributed by atoms with Gasteiger partial charge < -0.3 is 22.1 Å². The Bertz CT molecular complexity index is 1120. The molecule has 4 rings (SSSR count). The van der Waals surface area contributed by atoms with E-state index in [1.165, 1.54) is 12.1 Å². The summed E-state index contributed by atoms with van der Waals surface area (Å²) < 4.78 is 13.3. The summed E-state index contributed by atoms with van der Waals surface area (Å²) in [5, 5.41) is 0. The Kier molecular flexibility index (Phi) is 5.77. The van der Waals surface area contributed by atoms with E-state index in [2.05, 4.69) is 19.9 Å². The van der Waals surface area contributed by atoms with E-state index >= 15 is 0 Å². The van der Waals surface area contributed by atoms with Gasteiger partial charge in [0, 0.05) is 54.8 Å². The van der Waals surface area contributed by atoms with E-state index < -0.39 is 5.95 Å². The number of Topliss-reactive ketones (excluding diaryl/α,β-unsaturated/α-hetero) is 1. The van der Waals surface area contributed by atoms with Gasteiger partial charge in [-0.05, 0) is 43.2 Å². The van der Waals surface area contributed by atoms with Gasteiger partial charge in [0.1, 0.15) is 11.5 Å². The van der Waals surface area contributed by atoms with Crippen molar-refractivity contribution in [3.05, 3.63) is 59.9 Å². The first kappa shape index (κ1) is 20.7. The van der Waals surface area contributed by atoms with E-state index in [-0.39, 0.29) is 35.4 Å². The lowest BCUT2D eigenvalue weighted by atomic mass is 10.0. The number of nitrogens with zero attached hydrogens (tertiary/aromatic N) is 4. The summed E-state index contributed by atoms with van der Waals surface area (Å²) in [6.07, 6.45) is 5.48. The Labute approximate surface area is 179 Å². The van der Waals surface area contributed by atoms with E-state index in [9.17, 15) is 9.18 Å². The predicted octanol–water partition coefficient (Wildman–Crippen LogP) is 2.20. The molecule has 6 N–H and O–H groups in total. The fourth-order valence-electron chi connectivity index (χ4n) is 3.86. The first-order chi connectivity index (χ1) is 14.9. The molecule has 0 unspecified atom stereocenters. The van der Waals surface area contributed by atoms with E-state index in [4.69, 9.17) is 17.2 Å². The fraction of sp³-hybridized carbons (Fsp3) is 0.273. The van der Waals surface area contributed by atoms with Crippen molar-refractivity contribution in [1.29, 1.82) is 0 Å². The van der Waals surface area contributed by atoms with Crippen LogP contribution in [0.4, 0.5) is 21.6 Å². The number of rotatable bonds is 5. The minimum Gasteiger partial charge on any atom is -0.397 e. The number of piperidine rings is 1. The molecule has 1 saturated heterocycles. The third kappa shape index (κ3) is 4.46. The molecule has 9 heteroatoms. The second-order valence-electron chi connectivity index (χ2n) is 7.65. The summed E-state index contributed by atoms with van der Waals surface area (Å²) >= 11 is 0. The van der Waals surface area contributed by atoms with E-state index in [0.717, 1.165) is 37.2 Å². The zero-order valence-corrected chi connectivity index (χ0v) is 17.0. The largest absolute Gasteiger partial charge is 0.397 e. The number of pyridine rings is 3. The van der Waals surface area contributed by atoms with E-state index in [0.29, 0.717) is 11.3 Å². The molecule has 0 bridgehead atoms. The predicted molar refractivity (Wildman–Crippen MR) is 118 cm³/mol. The minimum absolute atomic E-state index is 0.00773. The first-order valence-corrected chi connectivity index (χ1v) is 10.1. The lowest BCUT2D eigenvalue weighted by molar-refractivity contribution is 0.0989. The molecule has 0 saturated carbocycles. The van der Waals surface area contributed by atoms with Crippen LogP contribution in [0, 0.1) is 5.95 Å². The lowest BCUT2D eigenvalue weighted by Gasteiger charge is -2.33. The SMILES string of the molecule is Nc1ccc(-c2ccc(F)nc2N)nc1C(=O)Cc1cnccc1N1CCC[C@H](N)C1. The van der Waals surface area contributed by atoms with Crippen molar-refractivity contribution in [2.75, 3.05) is 29.5 Å². The van der Waals surface area contributed by atoms with Gasteiger partial charge in [0.2, 0.25) is 5.95 Å². The summed E-state index contributed by atoms with van der Waals surface area (Å²) in [5.41, 5.74) is 21.0. The van der Waals surface area contributed by atoms with Crippen molar-refractivity contribution >= 4 is 23.0 Å². The monoisotopic (exact) mass is 421 g/mol. The number of halogens is 1. The van der Waals surface area contributed by atoms with Gasteiger partial charge in [0.05, 0.1) is 11.4 Å². The summed E-state index contributed by atoms with van der Waals surface area (Å²) in [6, 6.07) is 7.89. The molecule has 0 amide bonds. The van der Waals surface area contributed by atoms with Gasteiger partial charge in [0.15, 0.2) is 5.78 Å². The maximum absolute atomic E-state index is 13.3. The van der Waals surface area contributed by atoms with E-state index in [1.54, 1.807) is 24.5 Å². The van der Waals surface area contributed by atoms with Crippen molar-refractivity contribution in [2.24, 2.45) is 5.73 Å². The van der Waals surface area contributed by atoms with Crippen LogP contribution in [0.25, 0.3) is 11.3 Å². The van der Waals surface area contributed by atoms with Gasteiger partial charge in [0.25, 0.3) is 0 Å². The topological polar surface area (TPSA) is 137 Å². The van der Waals surface area contributed by atoms with Crippen molar-refractivity contribution < 1.29 is 9.18 Å². The number of carbonyl (C=O) groups excluding carboxylic acids is 1. The number of carbonyl (C=O) groups is 1. The molecule has 3 aromatic heterocycles. The minimum atomic E-state index is -0.686. The summed E-state index contributed by atoms with van der Waals surface area (Å²) in [5.74, 6) is -0.940. The average molecular weight is 421 g/mol. The van der Waals surface area contributed by atoms with Crippen LogP contribution in [0.1, 0.15) is 28.9 Å². The highest BCUT2D eigenvalue weighted by atomic mass is 19.1. The molecule has 0 radical (unpaired) electrons. The Morgan fingerprint density at radius 3 is 2.77 bits per heavy atom. The van der Waals surface area contributed by atoms with Crippen molar-refractivity contribution in [2.45, 2.75) is 25.3 Å². The number of hydrogen-bond donors (Lipinski definition) is 3. The van der Waals surface area contributed by atoms with Gasteiger partial charge in [-0.2, -0.15) is 4.39 Å². The molecule has 0 spiro atoms. The van der Waals surface area contributed by atoms with Gasteiger partial charge in [-0.15, -0.1) is 0 Å². The van der Waals surface area contributed by atoms with Gasteiger partial charge in [-0.25, -0.2) is 9.97 Å². The number of nitrogens with two attached hydrogens (primary N) is 3. The highest BCUT2D eigenvalue weighted by molar-refractivity contribution is 6.01. The molecule has 1 fully saturated rings. The zero-order chi connectivity index (χ0) is 22.0. The van der Waals surface area contributed by atoms with Crippen LogP contribution in [-0.4, -0.2) is 39.9 Å². The van der Waals surface area contributed by atoms with Crippen LogP contribution in [0.15, 0.2) is 42.7 Å². The molecule has 0 aliphatic carbocycles. The molecule has 160 valence electrons.